The number of amides is 3. The normalized spacial score (nSPS) is 10.3. The van der Waals surface area contributed by atoms with Crippen LogP contribution in [0.3, 0.4) is 0 Å². The van der Waals surface area contributed by atoms with Crippen LogP contribution in [0.4, 0.5) is 20.6 Å². The molecule has 1 aromatic heterocycles. The molecule has 0 saturated heterocycles. The fourth-order valence-corrected chi connectivity index (χ4v) is 2.65. The number of nitrogens with zero attached hydrogens (tertiary/aromatic N) is 1. The number of urea groups is 1. The van der Waals surface area contributed by atoms with Crippen LogP contribution in [0.15, 0.2) is 54.7 Å². The third-order valence-corrected chi connectivity index (χ3v) is 4.46. The van der Waals surface area contributed by atoms with Gasteiger partial charge in [0.1, 0.15) is 23.0 Å². The molecule has 0 aliphatic heterocycles. The molecule has 3 rings (SSSR count). The third-order valence-electron chi connectivity index (χ3n) is 4.03. The standard InChI is InChI=1S/C21H18ClFN4O3/c1-12-9-13(3-5-16(12)22)26-21(29)27-18-6-4-14(10-17(18)23)30-15-7-8-25-19(11-15)20(28)24-2/h3-11H,1-2H3,(H,24,28)(H2,26,27,29). The Morgan fingerprint density at radius 3 is 2.50 bits per heavy atom. The second kappa shape index (κ2) is 9.23. The van der Waals surface area contributed by atoms with Crippen molar-refractivity contribution in [1.82, 2.24) is 10.3 Å². The number of aromatic nitrogens is 1. The molecule has 0 atom stereocenters. The first kappa shape index (κ1) is 21.1. The fourth-order valence-electron chi connectivity index (χ4n) is 2.53. The van der Waals surface area contributed by atoms with Crippen molar-refractivity contribution in [3.05, 3.63) is 76.8 Å². The van der Waals surface area contributed by atoms with Crippen LogP contribution >= 0.6 is 11.6 Å². The van der Waals surface area contributed by atoms with Gasteiger partial charge in [-0.2, -0.15) is 0 Å². The highest BCUT2D eigenvalue weighted by Crippen LogP contribution is 2.26. The predicted molar refractivity (Wildman–Crippen MR) is 113 cm³/mol. The van der Waals surface area contributed by atoms with Gasteiger partial charge in [0, 0.05) is 36.1 Å². The lowest BCUT2D eigenvalue weighted by Crippen LogP contribution is -2.20. The lowest BCUT2D eigenvalue weighted by Gasteiger charge is -2.11. The van der Waals surface area contributed by atoms with Gasteiger partial charge in [0.05, 0.1) is 5.69 Å². The van der Waals surface area contributed by atoms with Crippen molar-refractivity contribution in [3.8, 4) is 11.5 Å². The van der Waals surface area contributed by atoms with Gasteiger partial charge in [0.2, 0.25) is 0 Å². The van der Waals surface area contributed by atoms with E-state index in [2.05, 4.69) is 20.9 Å². The summed E-state index contributed by atoms with van der Waals surface area (Å²) in [4.78, 5) is 27.7. The van der Waals surface area contributed by atoms with Crippen LogP contribution in [0, 0.1) is 12.7 Å². The van der Waals surface area contributed by atoms with Gasteiger partial charge < -0.3 is 20.7 Å². The number of halogens is 2. The summed E-state index contributed by atoms with van der Waals surface area (Å²) in [6.45, 7) is 1.81. The van der Waals surface area contributed by atoms with Crippen LogP contribution in [0.1, 0.15) is 16.1 Å². The van der Waals surface area contributed by atoms with Crippen molar-refractivity contribution in [2.24, 2.45) is 0 Å². The van der Waals surface area contributed by atoms with E-state index in [0.717, 1.165) is 11.6 Å². The van der Waals surface area contributed by atoms with Crippen molar-refractivity contribution in [2.75, 3.05) is 17.7 Å². The first-order valence-electron chi connectivity index (χ1n) is 8.85. The van der Waals surface area contributed by atoms with E-state index in [4.69, 9.17) is 16.3 Å². The van der Waals surface area contributed by atoms with Crippen LogP contribution in [-0.2, 0) is 0 Å². The van der Waals surface area contributed by atoms with Crippen molar-refractivity contribution < 1.29 is 18.7 Å². The Hall–Kier alpha value is -3.65. The van der Waals surface area contributed by atoms with Crippen molar-refractivity contribution >= 4 is 34.9 Å². The molecule has 0 bridgehead atoms. The Bertz CT molecular complexity index is 1110. The first-order valence-corrected chi connectivity index (χ1v) is 9.23. The number of nitrogens with one attached hydrogen (secondary N) is 3. The minimum absolute atomic E-state index is 0.0219. The van der Waals surface area contributed by atoms with E-state index in [1.54, 1.807) is 18.2 Å². The van der Waals surface area contributed by atoms with E-state index in [-0.39, 0.29) is 23.0 Å². The Kier molecular flexibility index (Phi) is 6.48. The molecule has 3 N–H and O–H groups in total. The summed E-state index contributed by atoms with van der Waals surface area (Å²) < 4.78 is 20.0. The highest BCUT2D eigenvalue weighted by atomic mass is 35.5. The van der Waals surface area contributed by atoms with Gasteiger partial charge in [0.25, 0.3) is 5.91 Å². The summed E-state index contributed by atoms with van der Waals surface area (Å²) in [5, 5.41) is 8.09. The van der Waals surface area contributed by atoms with Gasteiger partial charge in [-0.3, -0.25) is 9.78 Å². The molecule has 7 nitrogen and oxygen atoms in total. The molecular weight excluding hydrogens is 411 g/mol. The molecular formula is C21H18ClFN4O3. The summed E-state index contributed by atoms with van der Waals surface area (Å²) in [6.07, 6.45) is 1.41. The number of rotatable bonds is 5. The molecule has 0 saturated carbocycles. The van der Waals surface area contributed by atoms with Crippen LogP contribution in [-0.4, -0.2) is 24.0 Å². The van der Waals surface area contributed by atoms with Crippen LogP contribution in [0.2, 0.25) is 5.02 Å². The summed E-state index contributed by atoms with van der Waals surface area (Å²) in [7, 11) is 1.49. The average molecular weight is 429 g/mol. The van der Waals surface area contributed by atoms with E-state index in [1.165, 1.54) is 37.5 Å². The number of aryl methyl sites for hydroxylation is 1. The smallest absolute Gasteiger partial charge is 0.323 e. The molecule has 0 spiro atoms. The number of hydrogen-bond acceptors (Lipinski definition) is 4. The number of carbonyl (C=O) groups is 2. The largest absolute Gasteiger partial charge is 0.457 e. The van der Waals surface area contributed by atoms with E-state index in [1.807, 2.05) is 6.92 Å². The zero-order valence-electron chi connectivity index (χ0n) is 16.1. The van der Waals surface area contributed by atoms with Crippen molar-refractivity contribution in [2.45, 2.75) is 6.92 Å². The molecule has 3 aromatic rings. The SMILES string of the molecule is CNC(=O)c1cc(Oc2ccc(NC(=O)Nc3ccc(Cl)c(C)c3)c(F)c2)ccn1. The van der Waals surface area contributed by atoms with Gasteiger partial charge in [-0.15, -0.1) is 0 Å². The van der Waals surface area contributed by atoms with Crippen LogP contribution < -0.4 is 20.7 Å². The number of ether oxygens (including phenoxy) is 1. The maximum atomic E-state index is 14.4. The molecule has 0 radical (unpaired) electrons. The maximum Gasteiger partial charge on any atom is 0.323 e. The Balaban J connectivity index is 1.67. The van der Waals surface area contributed by atoms with Crippen molar-refractivity contribution in [1.29, 1.82) is 0 Å². The monoisotopic (exact) mass is 428 g/mol. The lowest BCUT2D eigenvalue weighted by molar-refractivity contribution is 0.0958. The zero-order valence-corrected chi connectivity index (χ0v) is 16.9. The van der Waals surface area contributed by atoms with Crippen molar-refractivity contribution in [3.63, 3.8) is 0 Å². The van der Waals surface area contributed by atoms with E-state index in [0.29, 0.717) is 16.5 Å². The molecule has 30 heavy (non-hydrogen) atoms. The minimum atomic E-state index is -0.685. The van der Waals surface area contributed by atoms with Gasteiger partial charge in [-0.05, 0) is 48.9 Å². The van der Waals surface area contributed by atoms with Gasteiger partial charge in [0.15, 0.2) is 0 Å². The number of anilines is 2. The Labute approximate surface area is 177 Å². The fraction of sp³-hybridized carbons (Fsp3) is 0.0952. The maximum absolute atomic E-state index is 14.4. The molecule has 0 unspecified atom stereocenters. The molecule has 3 amide bonds. The number of hydrogen-bond donors (Lipinski definition) is 3. The van der Waals surface area contributed by atoms with Gasteiger partial charge in [-0.25, -0.2) is 9.18 Å². The Morgan fingerprint density at radius 1 is 1.03 bits per heavy atom. The van der Waals surface area contributed by atoms with Crippen LogP contribution in [0.25, 0.3) is 0 Å². The summed E-state index contributed by atoms with van der Waals surface area (Å²) in [5.41, 5.74) is 1.48. The van der Waals surface area contributed by atoms with Crippen LogP contribution in [0.5, 0.6) is 11.5 Å². The Morgan fingerprint density at radius 2 is 1.80 bits per heavy atom. The van der Waals surface area contributed by atoms with E-state index >= 15 is 0 Å². The van der Waals surface area contributed by atoms with Gasteiger partial charge in [-0.1, -0.05) is 11.6 Å². The lowest BCUT2D eigenvalue weighted by atomic mass is 10.2. The quantitative estimate of drug-likeness (QED) is 0.534. The molecule has 0 fully saturated rings. The zero-order chi connectivity index (χ0) is 21.7. The summed E-state index contributed by atoms with van der Waals surface area (Å²) in [6, 6.07) is 11.4. The number of carbonyl (C=O) groups excluding carboxylic acids is 2. The molecule has 0 aliphatic rings. The number of benzene rings is 2. The summed E-state index contributed by atoms with van der Waals surface area (Å²) in [5.74, 6) is -0.538. The summed E-state index contributed by atoms with van der Waals surface area (Å²) >= 11 is 5.96. The molecule has 2 aromatic carbocycles. The predicted octanol–water partition coefficient (Wildman–Crippen LogP) is 4.98. The highest BCUT2D eigenvalue weighted by molar-refractivity contribution is 6.31. The van der Waals surface area contributed by atoms with E-state index in [9.17, 15) is 14.0 Å². The molecule has 154 valence electrons. The topological polar surface area (TPSA) is 92.4 Å². The number of pyridine rings is 1. The minimum Gasteiger partial charge on any atom is -0.457 e. The highest BCUT2D eigenvalue weighted by Gasteiger charge is 2.11. The van der Waals surface area contributed by atoms with E-state index < -0.39 is 11.8 Å². The average Bonchev–Trinajstić information content (AvgIpc) is 2.72. The second-order valence-electron chi connectivity index (χ2n) is 6.24. The first-order chi connectivity index (χ1) is 14.4. The molecule has 1 heterocycles. The third kappa shape index (κ3) is 5.24. The second-order valence-corrected chi connectivity index (χ2v) is 6.65. The molecule has 0 aliphatic carbocycles. The van der Waals surface area contributed by atoms with Gasteiger partial charge >= 0.3 is 6.03 Å². The molecule has 9 heteroatoms.